The second kappa shape index (κ2) is 13.4. The van der Waals surface area contributed by atoms with Crippen LogP contribution in [0.2, 0.25) is 5.02 Å². The van der Waals surface area contributed by atoms with Gasteiger partial charge >= 0.3 is 23.9 Å². The number of hydrogen-bond donors (Lipinski definition) is 0. The first-order valence-corrected chi connectivity index (χ1v) is 12.6. The smallest absolute Gasteiger partial charge is 0.303 e. The molecule has 0 spiro atoms. The lowest BCUT2D eigenvalue weighted by Crippen LogP contribution is -2.59. The van der Waals surface area contributed by atoms with Crippen LogP contribution >= 0.6 is 11.6 Å². The van der Waals surface area contributed by atoms with Gasteiger partial charge in [-0.2, -0.15) is 0 Å². The lowest BCUT2D eigenvalue weighted by molar-refractivity contribution is -0.254. The van der Waals surface area contributed by atoms with E-state index >= 15 is 0 Å². The molecule has 0 bridgehead atoms. The zero-order valence-corrected chi connectivity index (χ0v) is 22.9. The van der Waals surface area contributed by atoms with Crippen LogP contribution in [-0.4, -0.2) is 54.9 Å². The number of carbonyl (C=O) groups is 4. The van der Waals surface area contributed by atoms with Gasteiger partial charge in [-0.3, -0.25) is 19.2 Å². The molecule has 1 aliphatic heterocycles. The van der Waals surface area contributed by atoms with Gasteiger partial charge in [-0.15, -0.1) is 0 Å². The Labute approximate surface area is 233 Å². The zero-order chi connectivity index (χ0) is 29.6. The van der Waals surface area contributed by atoms with Gasteiger partial charge in [0.25, 0.3) is 0 Å². The third-order valence-electron chi connectivity index (χ3n) is 5.94. The lowest BCUT2D eigenvalue weighted by atomic mass is 9.89. The predicted molar refractivity (Wildman–Crippen MR) is 142 cm³/mol. The van der Waals surface area contributed by atoms with Crippen molar-refractivity contribution in [1.82, 2.24) is 0 Å². The summed E-state index contributed by atoms with van der Waals surface area (Å²) in [5.41, 5.74) is 2.88. The quantitative estimate of drug-likeness (QED) is 0.326. The Balaban J connectivity index is 2.05. The van der Waals surface area contributed by atoms with Crippen molar-refractivity contribution in [3.05, 3.63) is 76.3 Å². The third-order valence-corrected chi connectivity index (χ3v) is 6.31. The Kier molecular flexibility index (Phi) is 9.73. The van der Waals surface area contributed by atoms with E-state index in [9.17, 15) is 19.2 Å². The largest absolute Gasteiger partial charge is 0.463 e. The first kappa shape index (κ1) is 28.3. The van der Waals surface area contributed by atoms with E-state index in [1.807, 2.05) is 12.1 Å². The number of carbonyl (C=O) groups excluding carboxylic acids is 4. The summed E-state index contributed by atoms with van der Waals surface area (Å²) < 4.78 is 35.6. The maximum atomic E-state index is 12.1. The van der Waals surface area contributed by atoms with Crippen LogP contribution < -0.4 is 0 Å². The molecular weight excluding hydrogens is 528 g/mol. The van der Waals surface area contributed by atoms with Gasteiger partial charge in [0.1, 0.15) is 18.8 Å². The molecule has 0 aromatic heterocycles. The molecule has 39 heavy (non-hydrogen) atoms. The van der Waals surface area contributed by atoms with Gasteiger partial charge in [0.2, 0.25) is 0 Å². The zero-order valence-electron chi connectivity index (χ0n) is 23.1. The first-order chi connectivity index (χ1) is 18.8. The average Bonchev–Trinajstić information content (AvgIpc) is 2.86. The Morgan fingerprint density at radius 3 is 2.05 bits per heavy atom. The van der Waals surface area contributed by atoms with E-state index in [1.165, 1.54) is 27.7 Å². The molecular formula is C29H31ClO9. The summed E-state index contributed by atoms with van der Waals surface area (Å²) in [5, 5.41) is 0.475. The van der Waals surface area contributed by atoms with Crippen molar-refractivity contribution in [2.24, 2.45) is 0 Å². The minimum absolute atomic E-state index is 0.204. The van der Waals surface area contributed by atoms with Crippen molar-refractivity contribution in [1.29, 1.82) is 0 Å². The summed E-state index contributed by atoms with van der Waals surface area (Å²) in [6.45, 7) is 8.05. The maximum absolute atomic E-state index is 12.1. The normalized spacial score (nSPS) is 22.7. The van der Waals surface area contributed by atoms with E-state index in [1.54, 1.807) is 30.3 Å². The summed E-state index contributed by atoms with van der Waals surface area (Å²) in [4.78, 5) is 47.8. The predicted octanol–water partition coefficient (Wildman–Crippen LogP) is 4.37. The Morgan fingerprint density at radius 2 is 1.49 bits per heavy atom. The van der Waals surface area contributed by atoms with Crippen molar-refractivity contribution in [2.75, 3.05) is 6.61 Å². The number of hydrogen-bond acceptors (Lipinski definition) is 9. The Morgan fingerprint density at radius 1 is 0.897 bits per heavy atom. The Bertz CT molecular complexity index is 1280. The van der Waals surface area contributed by atoms with E-state index in [4.69, 9.17) is 36.7 Å². The highest BCUT2D eigenvalue weighted by Gasteiger charge is 2.52. The molecule has 5 atom stereocenters. The number of halogens is 1. The van der Waals surface area contributed by atoms with Crippen molar-refractivity contribution < 1.29 is 44.2 Å². The summed E-state index contributed by atoms with van der Waals surface area (Å²) in [5.74, 6) is -2.68. The van der Waals surface area contributed by atoms with E-state index in [-0.39, 0.29) is 12.7 Å². The van der Waals surface area contributed by atoms with Crippen molar-refractivity contribution >= 4 is 41.5 Å². The molecule has 1 fully saturated rings. The van der Waals surface area contributed by atoms with Gasteiger partial charge in [0.05, 0.1) is 1.37 Å². The summed E-state index contributed by atoms with van der Waals surface area (Å²) in [6, 6.07) is 12.7. The number of rotatable bonds is 9. The van der Waals surface area contributed by atoms with Crippen LogP contribution in [0.5, 0.6) is 0 Å². The van der Waals surface area contributed by atoms with Gasteiger partial charge in [-0.1, -0.05) is 60.6 Å². The van der Waals surface area contributed by atoms with Crippen LogP contribution in [0.15, 0.2) is 49.0 Å². The monoisotopic (exact) mass is 559 g/mol. The van der Waals surface area contributed by atoms with Gasteiger partial charge in [-0.25, -0.2) is 0 Å². The van der Waals surface area contributed by atoms with Crippen LogP contribution in [0.25, 0.3) is 6.05 Å². The van der Waals surface area contributed by atoms with E-state index in [0.717, 1.165) is 11.1 Å². The molecule has 0 unspecified atom stereocenters. The van der Waals surface area contributed by atoms with Crippen LogP contribution in [0.4, 0.5) is 0 Å². The molecule has 0 radical (unpaired) electrons. The minimum atomic E-state index is -1.27. The van der Waals surface area contributed by atoms with E-state index < -0.39 is 54.4 Å². The average molecular weight is 560 g/mol. The Hall–Kier alpha value is -3.69. The standard InChI is InChI=1S/C29H31ClO9/c1-6-20-7-9-21(10-8-20)13-23-14-22(11-12-24(23)30)26-28(37-18(4)33)29(38-19(5)34)27(36-17(3)32)25(39-26)15-35-16(2)31/h6-12,14,25-29H,1,13,15H2,2-5H3/t25-,26+,27-,28+,29+/m1/s1/i6D. The number of esters is 4. The van der Waals surface area contributed by atoms with Gasteiger partial charge in [0.15, 0.2) is 18.3 Å². The fourth-order valence-corrected chi connectivity index (χ4v) is 4.55. The molecule has 1 aliphatic rings. The fraction of sp³-hybridized carbons (Fsp3) is 0.379. The van der Waals surface area contributed by atoms with Crippen molar-refractivity contribution in [2.45, 2.75) is 64.6 Å². The molecule has 0 amide bonds. The second-order valence-corrected chi connectivity index (χ2v) is 9.43. The molecule has 0 saturated carbocycles. The molecule has 0 aliphatic carbocycles. The molecule has 9 nitrogen and oxygen atoms in total. The topological polar surface area (TPSA) is 114 Å². The first-order valence-electron chi connectivity index (χ1n) is 12.7. The lowest BCUT2D eigenvalue weighted by Gasteiger charge is -2.44. The van der Waals surface area contributed by atoms with Crippen LogP contribution in [0, 0.1) is 0 Å². The molecule has 3 rings (SSSR count). The summed E-state index contributed by atoms with van der Waals surface area (Å²) in [6.07, 6.45) is -5.35. The summed E-state index contributed by atoms with van der Waals surface area (Å²) >= 11 is 6.52. The van der Waals surface area contributed by atoms with Gasteiger partial charge in [0, 0.05) is 32.7 Å². The number of ether oxygens (including phenoxy) is 5. The molecule has 2 aromatic rings. The van der Waals surface area contributed by atoms with Crippen LogP contribution in [0.1, 0.15) is 57.4 Å². The third kappa shape index (κ3) is 8.15. The highest BCUT2D eigenvalue weighted by Crippen LogP contribution is 2.39. The highest BCUT2D eigenvalue weighted by molar-refractivity contribution is 6.31. The molecule has 2 aromatic carbocycles. The second-order valence-electron chi connectivity index (χ2n) is 9.02. The molecule has 0 N–H and O–H groups in total. The molecule has 1 heterocycles. The van der Waals surface area contributed by atoms with Gasteiger partial charge in [-0.05, 0) is 34.7 Å². The fourth-order valence-electron chi connectivity index (χ4n) is 4.36. The van der Waals surface area contributed by atoms with E-state index in [0.29, 0.717) is 22.6 Å². The van der Waals surface area contributed by atoms with Gasteiger partial charge < -0.3 is 23.7 Å². The van der Waals surface area contributed by atoms with E-state index in [2.05, 4.69) is 6.58 Å². The SMILES string of the molecule is [2H]C(=C)c1ccc(Cc2cc([C@@H]3O[C@H](COC(C)=O)[C@@H](OC(C)=O)[C@H](OC(C)=O)[C@H]3OC(C)=O)ccc2Cl)cc1. The summed E-state index contributed by atoms with van der Waals surface area (Å²) in [7, 11) is 0. The molecule has 208 valence electrons. The van der Waals surface area contributed by atoms with Crippen molar-refractivity contribution in [3.63, 3.8) is 0 Å². The molecule has 10 heteroatoms. The molecule has 1 saturated heterocycles. The minimum Gasteiger partial charge on any atom is -0.463 e. The van der Waals surface area contributed by atoms with Crippen LogP contribution in [0.3, 0.4) is 0 Å². The maximum Gasteiger partial charge on any atom is 0.303 e. The highest BCUT2D eigenvalue weighted by atomic mass is 35.5. The van der Waals surface area contributed by atoms with Crippen LogP contribution in [-0.2, 0) is 49.3 Å². The van der Waals surface area contributed by atoms with Crippen molar-refractivity contribution in [3.8, 4) is 0 Å². The number of benzene rings is 2.